The van der Waals surface area contributed by atoms with Gasteiger partial charge >= 0.3 is 0 Å². The Kier molecular flexibility index (Phi) is 3.19. The minimum absolute atomic E-state index is 0.0104. The SMILES string of the molecule is O=C(Nc1ccn(-c2ccccc2)n1)C1(c2cccnc2)CC1. The van der Waals surface area contributed by atoms with Crippen molar-refractivity contribution in [3.8, 4) is 5.69 Å². The molecular formula is C18H16N4O. The molecule has 0 radical (unpaired) electrons. The number of anilines is 1. The largest absolute Gasteiger partial charge is 0.308 e. The average molecular weight is 304 g/mol. The molecule has 0 spiro atoms. The highest BCUT2D eigenvalue weighted by atomic mass is 16.2. The van der Waals surface area contributed by atoms with Gasteiger partial charge in [0, 0.05) is 24.7 Å². The summed E-state index contributed by atoms with van der Waals surface area (Å²) in [6, 6.07) is 15.4. The van der Waals surface area contributed by atoms with E-state index >= 15 is 0 Å². The lowest BCUT2D eigenvalue weighted by Crippen LogP contribution is -2.28. The van der Waals surface area contributed by atoms with Gasteiger partial charge in [-0.2, -0.15) is 5.10 Å². The molecule has 1 aromatic carbocycles. The summed E-state index contributed by atoms with van der Waals surface area (Å²) in [5.41, 5.74) is 1.49. The van der Waals surface area contributed by atoms with Crippen molar-refractivity contribution in [2.24, 2.45) is 0 Å². The Morgan fingerprint density at radius 3 is 2.61 bits per heavy atom. The predicted molar refractivity (Wildman–Crippen MR) is 87.3 cm³/mol. The van der Waals surface area contributed by atoms with Gasteiger partial charge < -0.3 is 5.32 Å². The van der Waals surface area contributed by atoms with Crippen molar-refractivity contribution < 1.29 is 4.79 Å². The van der Waals surface area contributed by atoms with E-state index in [0.29, 0.717) is 5.82 Å². The Labute approximate surface area is 134 Å². The van der Waals surface area contributed by atoms with Gasteiger partial charge in [0.25, 0.3) is 0 Å². The van der Waals surface area contributed by atoms with E-state index in [0.717, 1.165) is 24.1 Å². The van der Waals surface area contributed by atoms with Crippen LogP contribution in [0.15, 0.2) is 67.1 Å². The lowest BCUT2D eigenvalue weighted by Gasteiger charge is -2.14. The molecule has 1 fully saturated rings. The number of nitrogens with one attached hydrogen (secondary N) is 1. The fraction of sp³-hybridized carbons (Fsp3) is 0.167. The molecule has 1 N–H and O–H groups in total. The Balaban J connectivity index is 1.53. The zero-order chi connectivity index (χ0) is 15.7. The maximum absolute atomic E-state index is 12.7. The highest BCUT2D eigenvalue weighted by Gasteiger charge is 2.51. The summed E-state index contributed by atoms with van der Waals surface area (Å²) in [4.78, 5) is 16.8. The summed E-state index contributed by atoms with van der Waals surface area (Å²) in [6.07, 6.45) is 7.04. The third-order valence-corrected chi connectivity index (χ3v) is 4.25. The van der Waals surface area contributed by atoms with Crippen molar-refractivity contribution in [3.63, 3.8) is 0 Å². The first kappa shape index (κ1) is 13.7. The van der Waals surface area contributed by atoms with E-state index in [2.05, 4.69) is 15.4 Å². The molecule has 3 aromatic rings. The van der Waals surface area contributed by atoms with Gasteiger partial charge in [-0.1, -0.05) is 24.3 Å². The fourth-order valence-corrected chi connectivity index (χ4v) is 2.77. The third kappa shape index (κ3) is 2.50. The number of carbonyl (C=O) groups excluding carboxylic acids is 1. The van der Waals surface area contributed by atoms with Gasteiger partial charge in [0.15, 0.2) is 5.82 Å². The number of rotatable bonds is 4. The van der Waals surface area contributed by atoms with Crippen LogP contribution in [0.1, 0.15) is 18.4 Å². The molecule has 5 heteroatoms. The van der Waals surface area contributed by atoms with Crippen LogP contribution in [0, 0.1) is 0 Å². The molecule has 2 heterocycles. The molecule has 114 valence electrons. The van der Waals surface area contributed by atoms with E-state index in [1.165, 1.54) is 0 Å². The number of para-hydroxylation sites is 1. The maximum Gasteiger partial charge on any atom is 0.236 e. The van der Waals surface area contributed by atoms with Crippen LogP contribution in [0.3, 0.4) is 0 Å². The molecule has 0 atom stereocenters. The highest BCUT2D eigenvalue weighted by Crippen LogP contribution is 2.48. The third-order valence-electron chi connectivity index (χ3n) is 4.25. The second-order valence-electron chi connectivity index (χ2n) is 5.76. The zero-order valence-corrected chi connectivity index (χ0v) is 12.5. The van der Waals surface area contributed by atoms with Crippen molar-refractivity contribution in [1.29, 1.82) is 0 Å². The summed E-state index contributed by atoms with van der Waals surface area (Å²) >= 11 is 0. The highest BCUT2D eigenvalue weighted by molar-refractivity contribution is 6.00. The summed E-state index contributed by atoms with van der Waals surface area (Å²) < 4.78 is 1.75. The number of amides is 1. The summed E-state index contributed by atoms with van der Waals surface area (Å²) in [5, 5.41) is 7.36. The maximum atomic E-state index is 12.7. The van der Waals surface area contributed by atoms with Crippen LogP contribution in [0.25, 0.3) is 5.69 Å². The number of hydrogen-bond donors (Lipinski definition) is 1. The van der Waals surface area contributed by atoms with Gasteiger partial charge in [-0.05, 0) is 36.6 Å². The Morgan fingerprint density at radius 2 is 1.91 bits per heavy atom. The molecule has 0 bridgehead atoms. The quantitative estimate of drug-likeness (QED) is 0.806. The van der Waals surface area contributed by atoms with E-state index in [1.54, 1.807) is 17.1 Å². The normalized spacial score (nSPS) is 15.1. The summed E-state index contributed by atoms with van der Waals surface area (Å²) in [5.74, 6) is 0.554. The van der Waals surface area contributed by atoms with Crippen LogP contribution >= 0.6 is 0 Å². The average Bonchev–Trinajstić information content (AvgIpc) is 3.30. The lowest BCUT2D eigenvalue weighted by atomic mass is 9.97. The minimum Gasteiger partial charge on any atom is -0.308 e. The molecular weight excluding hydrogens is 288 g/mol. The second-order valence-corrected chi connectivity index (χ2v) is 5.76. The van der Waals surface area contributed by atoms with Crippen molar-refractivity contribution >= 4 is 11.7 Å². The molecule has 2 aromatic heterocycles. The van der Waals surface area contributed by atoms with E-state index in [1.807, 2.05) is 54.7 Å². The molecule has 23 heavy (non-hydrogen) atoms. The van der Waals surface area contributed by atoms with Crippen molar-refractivity contribution in [2.45, 2.75) is 18.3 Å². The van der Waals surface area contributed by atoms with Crippen molar-refractivity contribution in [2.75, 3.05) is 5.32 Å². The van der Waals surface area contributed by atoms with Gasteiger partial charge in [-0.25, -0.2) is 4.68 Å². The van der Waals surface area contributed by atoms with Gasteiger partial charge in [0.2, 0.25) is 5.91 Å². The molecule has 1 aliphatic carbocycles. The topological polar surface area (TPSA) is 59.8 Å². The van der Waals surface area contributed by atoms with Crippen LogP contribution in [-0.2, 0) is 10.2 Å². The lowest BCUT2D eigenvalue weighted by molar-refractivity contribution is -0.118. The molecule has 1 amide bonds. The minimum atomic E-state index is -0.440. The van der Waals surface area contributed by atoms with Gasteiger partial charge in [0.1, 0.15) is 0 Å². The number of benzene rings is 1. The molecule has 1 saturated carbocycles. The van der Waals surface area contributed by atoms with Gasteiger partial charge in [0.05, 0.1) is 11.1 Å². The van der Waals surface area contributed by atoms with E-state index in [-0.39, 0.29) is 5.91 Å². The number of hydrogen-bond acceptors (Lipinski definition) is 3. The van der Waals surface area contributed by atoms with E-state index < -0.39 is 5.41 Å². The van der Waals surface area contributed by atoms with Crippen LogP contribution in [-0.4, -0.2) is 20.7 Å². The first-order valence-corrected chi connectivity index (χ1v) is 7.61. The standard InChI is InChI=1S/C18H16N4O/c23-17(18(9-10-18)14-5-4-11-19-13-14)20-16-8-12-22(21-16)15-6-2-1-3-7-15/h1-8,11-13H,9-10H2,(H,20,21,23). The Morgan fingerprint density at radius 1 is 1.09 bits per heavy atom. The fourth-order valence-electron chi connectivity index (χ4n) is 2.77. The monoisotopic (exact) mass is 304 g/mol. The summed E-state index contributed by atoms with van der Waals surface area (Å²) in [7, 11) is 0. The zero-order valence-electron chi connectivity index (χ0n) is 12.5. The smallest absolute Gasteiger partial charge is 0.236 e. The van der Waals surface area contributed by atoms with E-state index in [9.17, 15) is 4.79 Å². The van der Waals surface area contributed by atoms with Gasteiger partial charge in [-0.15, -0.1) is 0 Å². The number of pyridine rings is 1. The molecule has 4 rings (SSSR count). The Bertz CT molecular complexity index is 822. The van der Waals surface area contributed by atoms with Crippen molar-refractivity contribution in [3.05, 3.63) is 72.7 Å². The Hall–Kier alpha value is -2.95. The number of aromatic nitrogens is 3. The second kappa shape index (κ2) is 5.35. The van der Waals surface area contributed by atoms with Crippen molar-refractivity contribution in [1.82, 2.24) is 14.8 Å². The summed E-state index contributed by atoms with van der Waals surface area (Å²) in [6.45, 7) is 0. The van der Waals surface area contributed by atoms with Crippen LogP contribution in [0.5, 0.6) is 0 Å². The number of nitrogens with zero attached hydrogens (tertiary/aromatic N) is 3. The molecule has 5 nitrogen and oxygen atoms in total. The first-order valence-electron chi connectivity index (χ1n) is 7.61. The first-order chi connectivity index (χ1) is 11.3. The van der Waals surface area contributed by atoms with Crippen LogP contribution in [0.4, 0.5) is 5.82 Å². The molecule has 1 aliphatic rings. The molecule has 0 aliphatic heterocycles. The van der Waals surface area contributed by atoms with Crippen LogP contribution in [0.2, 0.25) is 0 Å². The predicted octanol–water partition coefficient (Wildman–Crippen LogP) is 2.94. The van der Waals surface area contributed by atoms with E-state index in [4.69, 9.17) is 0 Å². The van der Waals surface area contributed by atoms with Gasteiger partial charge in [-0.3, -0.25) is 9.78 Å². The molecule has 0 saturated heterocycles. The van der Waals surface area contributed by atoms with Crippen LogP contribution < -0.4 is 5.32 Å². The number of carbonyl (C=O) groups is 1. The molecule has 0 unspecified atom stereocenters.